The van der Waals surface area contributed by atoms with Gasteiger partial charge in [0.25, 0.3) is 0 Å². The summed E-state index contributed by atoms with van der Waals surface area (Å²) in [6, 6.07) is 24.8. The molecule has 1 fully saturated rings. The summed E-state index contributed by atoms with van der Waals surface area (Å²) in [5, 5.41) is 1.53. The van der Waals surface area contributed by atoms with Crippen molar-refractivity contribution >= 4 is 22.5 Å². The van der Waals surface area contributed by atoms with Crippen LogP contribution in [0.4, 0.5) is 18.9 Å². The highest BCUT2D eigenvalue weighted by Crippen LogP contribution is 2.60. The van der Waals surface area contributed by atoms with Gasteiger partial charge in [-0.1, -0.05) is 56.3 Å². The number of nitrogens with zero attached hydrogens (tertiary/aromatic N) is 1. The quantitative estimate of drug-likeness (QED) is 0.195. The molecule has 8 rings (SSSR count). The van der Waals surface area contributed by atoms with E-state index in [-0.39, 0.29) is 17.5 Å². The topological polar surface area (TPSA) is 12.5 Å². The molecule has 1 saturated heterocycles. The molecule has 5 aromatic carbocycles. The Kier molecular flexibility index (Phi) is 6.79. The van der Waals surface area contributed by atoms with Gasteiger partial charge in [0, 0.05) is 46.3 Å². The minimum atomic E-state index is -1.09. The normalized spacial score (nSPS) is 19.5. The van der Waals surface area contributed by atoms with Crippen molar-refractivity contribution in [2.75, 3.05) is 18.0 Å². The summed E-state index contributed by atoms with van der Waals surface area (Å²) in [6.45, 7) is 6.37. The average molecular weight is 616 g/mol. The first-order valence-electron chi connectivity index (χ1n) is 16.5. The molecule has 5 heteroatoms. The van der Waals surface area contributed by atoms with Crippen molar-refractivity contribution in [3.8, 4) is 16.9 Å². The van der Waals surface area contributed by atoms with Crippen LogP contribution in [0.1, 0.15) is 73.8 Å². The number of fused-ring (bicyclic) bond motifs is 8. The van der Waals surface area contributed by atoms with Crippen LogP contribution in [0.5, 0.6) is 5.75 Å². The van der Waals surface area contributed by atoms with Crippen LogP contribution in [0.25, 0.3) is 28.0 Å². The zero-order valence-corrected chi connectivity index (χ0v) is 26.2. The molecular weight excluding hydrogens is 579 g/mol. The fourth-order valence-corrected chi connectivity index (χ4v) is 8.39. The Morgan fingerprint density at radius 1 is 0.696 bits per heavy atom. The molecule has 0 N–H and O–H groups in total. The molecule has 1 unspecified atom stereocenters. The highest BCUT2D eigenvalue weighted by atomic mass is 19.1. The van der Waals surface area contributed by atoms with Gasteiger partial charge in [0.1, 0.15) is 23.2 Å². The van der Waals surface area contributed by atoms with Gasteiger partial charge in [-0.05, 0) is 114 Å². The summed E-state index contributed by atoms with van der Waals surface area (Å²) >= 11 is 0. The fourth-order valence-electron chi connectivity index (χ4n) is 8.39. The summed E-state index contributed by atoms with van der Waals surface area (Å²) in [4.78, 5) is 2.42. The van der Waals surface area contributed by atoms with Crippen molar-refractivity contribution in [1.29, 1.82) is 0 Å². The Morgan fingerprint density at radius 2 is 1.33 bits per heavy atom. The Labute approximate surface area is 268 Å². The number of rotatable bonds is 5. The van der Waals surface area contributed by atoms with E-state index in [9.17, 15) is 8.78 Å². The first kappa shape index (κ1) is 28.9. The van der Waals surface area contributed by atoms with Crippen LogP contribution in [0, 0.1) is 17.5 Å². The zero-order chi connectivity index (χ0) is 31.6. The zero-order valence-electron chi connectivity index (χ0n) is 26.2. The van der Waals surface area contributed by atoms with Gasteiger partial charge in [-0.3, -0.25) is 0 Å². The van der Waals surface area contributed by atoms with E-state index in [1.807, 2.05) is 12.1 Å². The largest absolute Gasteiger partial charge is 0.472 e. The number of hydrogen-bond acceptors (Lipinski definition) is 2. The maximum absolute atomic E-state index is 15.1. The Morgan fingerprint density at radius 3 is 2.02 bits per heavy atom. The molecule has 0 saturated carbocycles. The lowest BCUT2D eigenvalue weighted by Crippen LogP contribution is -2.35. The molecule has 1 aliphatic carbocycles. The van der Waals surface area contributed by atoms with Crippen molar-refractivity contribution < 1.29 is 17.9 Å². The van der Waals surface area contributed by atoms with Crippen molar-refractivity contribution in [2.45, 2.75) is 57.0 Å². The molecule has 2 aliphatic heterocycles. The Bertz CT molecular complexity index is 2000. The van der Waals surface area contributed by atoms with E-state index < -0.39 is 11.0 Å². The second-order valence-corrected chi connectivity index (χ2v) is 12.9. The van der Waals surface area contributed by atoms with Gasteiger partial charge in [0.2, 0.25) is 0 Å². The molecule has 0 aromatic heterocycles. The van der Waals surface area contributed by atoms with Gasteiger partial charge < -0.3 is 9.64 Å². The Balaban J connectivity index is 1.39. The molecule has 2 nitrogen and oxygen atoms in total. The molecular formula is C41H36F3NO. The second kappa shape index (κ2) is 10.8. The summed E-state index contributed by atoms with van der Waals surface area (Å²) in [5.41, 5.74) is 6.24. The van der Waals surface area contributed by atoms with Gasteiger partial charge >= 0.3 is 0 Å². The highest BCUT2D eigenvalue weighted by Gasteiger charge is 2.47. The van der Waals surface area contributed by atoms with E-state index in [0.29, 0.717) is 11.1 Å². The summed E-state index contributed by atoms with van der Waals surface area (Å²) in [6.07, 6.45) is 9.32. The third-order valence-electron chi connectivity index (χ3n) is 10.7. The molecule has 0 bridgehead atoms. The van der Waals surface area contributed by atoms with Crippen LogP contribution in [-0.2, 0) is 11.0 Å². The summed E-state index contributed by atoms with van der Waals surface area (Å²) in [5.74, 6) is -0.372. The minimum Gasteiger partial charge on any atom is -0.472 e. The summed E-state index contributed by atoms with van der Waals surface area (Å²) < 4.78 is 51.5. The predicted molar refractivity (Wildman–Crippen MR) is 180 cm³/mol. The molecule has 0 radical (unpaired) electrons. The monoisotopic (exact) mass is 615 g/mol. The average Bonchev–Trinajstić information content (AvgIpc) is 3.38. The van der Waals surface area contributed by atoms with E-state index in [0.717, 1.165) is 70.3 Å². The standard InChI is InChI=1S/C41H36F3NO/c1-3-40(4-2)36-25-30(44)15-19-33(36)37-32-18-14-29(43)24-35(32)39-34(38(37)40)20-21-41(46-39,26-8-12-28(42)13-9-26)27-10-16-31(17-11-27)45-22-6-5-7-23-45/h8-21,24-25H,3-7,22-23H2,1-2H3. The van der Waals surface area contributed by atoms with Crippen LogP contribution in [-0.4, -0.2) is 13.1 Å². The van der Waals surface area contributed by atoms with E-state index in [1.54, 1.807) is 24.3 Å². The van der Waals surface area contributed by atoms with Gasteiger partial charge in [0.05, 0.1) is 0 Å². The third kappa shape index (κ3) is 4.17. The molecule has 0 amide bonds. The van der Waals surface area contributed by atoms with Crippen LogP contribution in [0.2, 0.25) is 0 Å². The lowest BCUT2D eigenvalue weighted by molar-refractivity contribution is 0.163. The van der Waals surface area contributed by atoms with Gasteiger partial charge in [-0.15, -0.1) is 0 Å². The van der Waals surface area contributed by atoms with Crippen LogP contribution in [0.3, 0.4) is 0 Å². The van der Waals surface area contributed by atoms with Crippen molar-refractivity contribution in [2.24, 2.45) is 0 Å². The van der Waals surface area contributed by atoms with Crippen LogP contribution >= 0.6 is 0 Å². The van der Waals surface area contributed by atoms with Crippen molar-refractivity contribution in [3.05, 3.63) is 136 Å². The second-order valence-electron chi connectivity index (χ2n) is 12.9. The smallest absolute Gasteiger partial charge is 0.178 e. The first-order valence-corrected chi connectivity index (χ1v) is 16.5. The molecule has 2 heterocycles. The van der Waals surface area contributed by atoms with E-state index >= 15 is 4.39 Å². The number of ether oxygens (including phenoxy) is 1. The Hall–Kier alpha value is -4.51. The minimum absolute atomic E-state index is 0.267. The molecule has 5 aromatic rings. The SMILES string of the molecule is CCC1(CC)c2cc(F)ccc2-c2c1c1c(c3cc(F)ccc23)OC(c2ccc(F)cc2)(c2ccc(N3CCCCC3)cc2)C=C1. The van der Waals surface area contributed by atoms with Crippen LogP contribution < -0.4 is 9.64 Å². The van der Waals surface area contributed by atoms with E-state index in [4.69, 9.17) is 4.74 Å². The predicted octanol–water partition coefficient (Wildman–Crippen LogP) is 10.7. The fraction of sp³-hybridized carbons (Fsp3) is 0.268. The number of hydrogen-bond donors (Lipinski definition) is 0. The van der Waals surface area contributed by atoms with Gasteiger partial charge in [-0.2, -0.15) is 0 Å². The number of piperidine rings is 1. The maximum Gasteiger partial charge on any atom is 0.178 e. The number of halogens is 3. The van der Waals surface area contributed by atoms with Gasteiger partial charge in [0.15, 0.2) is 5.60 Å². The van der Waals surface area contributed by atoms with Crippen molar-refractivity contribution in [1.82, 2.24) is 0 Å². The van der Waals surface area contributed by atoms with E-state index in [1.165, 1.54) is 49.2 Å². The number of benzene rings is 5. The number of anilines is 1. The molecule has 232 valence electrons. The van der Waals surface area contributed by atoms with Crippen molar-refractivity contribution in [3.63, 3.8) is 0 Å². The third-order valence-corrected chi connectivity index (χ3v) is 10.7. The molecule has 3 aliphatic rings. The molecule has 46 heavy (non-hydrogen) atoms. The first-order chi connectivity index (χ1) is 22.4. The molecule has 0 spiro atoms. The maximum atomic E-state index is 15.1. The highest BCUT2D eigenvalue weighted by molar-refractivity contribution is 6.08. The summed E-state index contributed by atoms with van der Waals surface area (Å²) in [7, 11) is 0. The van der Waals surface area contributed by atoms with E-state index in [2.05, 4.69) is 55.2 Å². The van der Waals surface area contributed by atoms with Gasteiger partial charge in [-0.25, -0.2) is 13.2 Å². The lowest BCUT2D eigenvalue weighted by atomic mass is 9.71. The van der Waals surface area contributed by atoms with Crippen LogP contribution in [0.15, 0.2) is 91.0 Å². The molecule has 1 atom stereocenters. The lowest BCUT2D eigenvalue weighted by Gasteiger charge is -2.39.